The van der Waals surface area contributed by atoms with Gasteiger partial charge in [-0.05, 0) is 18.9 Å². The molecule has 1 rings (SSSR count). The zero-order chi connectivity index (χ0) is 12.0. The van der Waals surface area contributed by atoms with Crippen LogP contribution in [0.15, 0.2) is 0 Å². The Labute approximate surface area is 96.3 Å². The molecule has 94 valence electrons. The van der Waals surface area contributed by atoms with E-state index in [1.807, 2.05) is 11.8 Å². The minimum absolute atomic E-state index is 0.233. The number of carboxylic acids is 1. The van der Waals surface area contributed by atoms with Crippen molar-refractivity contribution in [2.45, 2.75) is 19.4 Å². The molecular formula is C11H21NO4. The maximum absolute atomic E-state index is 11.1. The van der Waals surface area contributed by atoms with Crippen molar-refractivity contribution in [2.75, 3.05) is 40.0 Å². The normalized spacial score (nSPS) is 26.1. The minimum Gasteiger partial charge on any atom is -0.480 e. The second-order valence-electron chi connectivity index (χ2n) is 4.19. The van der Waals surface area contributed by atoms with Gasteiger partial charge in [-0.2, -0.15) is 0 Å². The molecule has 0 aromatic carbocycles. The van der Waals surface area contributed by atoms with Crippen LogP contribution in [0.2, 0.25) is 0 Å². The number of hydrogen-bond acceptors (Lipinski definition) is 4. The molecule has 16 heavy (non-hydrogen) atoms. The lowest BCUT2D eigenvalue weighted by Gasteiger charge is -2.22. The second-order valence-corrected chi connectivity index (χ2v) is 4.19. The van der Waals surface area contributed by atoms with Crippen LogP contribution in [0.1, 0.15) is 13.3 Å². The molecule has 5 heteroatoms. The molecule has 0 saturated carbocycles. The standard InChI is InChI=1S/C11H21NO4/c1-9-3-4-12(10(9)11(13)14)5-6-16-8-7-15-2/h9-10H,3-8H2,1-2H3,(H,13,14). The Bertz CT molecular complexity index is 222. The van der Waals surface area contributed by atoms with Crippen molar-refractivity contribution in [3.63, 3.8) is 0 Å². The van der Waals surface area contributed by atoms with Gasteiger partial charge in [-0.1, -0.05) is 6.92 Å². The first-order valence-corrected chi connectivity index (χ1v) is 5.70. The third-order valence-electron chi connectivity index (χ3n) is 3.01. The molecule has 0 radical (unpaired) electrons. The van der Waals surface area contributed by atoms with Crippen molar-refractivity contribution in [3.05, 3.63) is 0 Å². The zero-order valence-corrected chi connectivity index (χ0v) is 10.0. The van der Waals surface area contributed by atoms with Gasteiger partial charge in [0.05, 0.1) is 19.8 Å². The van der Waals surface area contributed by atoms with Gasteiger partial charge in [0.2, 0.25) is 0 Å². The first-order valence-electron chi connectivity index (χ1n) is 5.70. The van der Waals surface area contributed by atoms with Gasteiger partial charge < -0.3 is 14.6 Å². The van der Waals surface area contributed by atoms with E-state index in [0.29, 0.717) is 26.4 Å². The Morgan fingerprint density at radius 3 is 2.81 bits per heavy atom. The van der Waals surface area contributed by atoms with Crippen molar-refractivity contribution < 1.29 is 19.4 Å². The summed E-state index contributed by atoms with van der Waals surface area (Å²) in [6.07, 6.45) is 0.953. The van der Waals surface area contributed by atoms with Gasteiger partial charge in [0.1, 0.15) is 6.04 Å². The molecule has 2 unspecified atom stereocenters. The maximum Gasteiger partial charge on any atom is 0.321 e. The van der Waals surface area contributed by atoms with Crippen molar-refractivity contribution in [3.8, 4) is 0 Å². The average Bonchev–Trinajstić information content (AvgIpc) is 2.59. The lowest BCUT2D eigenvalue weighted by atomic mass is 10.0. The van der Waals surface area contributed by atoms with E-state index in [4.69, 9.17) is 14.6 Å². The highest BCUT2D eigenvalue weighted by Crippen LogP contribution is 2.23. The first-order chi connectivity index (χ1) is 7.66. The molecule has 1 aliphatic rings. The van der Waals surface area contributed by atoms with Crippen LogP contribution in [-0.4, -0.2) is 62.0 Å². The third kappa shape index (κ3) is 3.73. The number of aliphatic carboxylic acids is 1. The average molecular weight is 231 g/mol. The molecule has 0 amide bonds. The fourth-order valence-corrected chi connectivity index (χ4v) is 2.10. The molecule has 2 atom stereocenters. The fraction of sp³-hybridized carbons (Fsp3) is 0.909. The number of likely N-dealkylation sites (tertiary alicyclic amines) is 1. The summed E-state index contributed by atoms with van der Waals surface area (Å²) in [5, 5.41) is 9.09. The Morgan fingerprint density at radius 2 is 2.19 bits per heavy atom. The van der Waals surface area contributed by atoms with Crippen LogP contribution in [0.25, 0.3) is 0 Å². The Hall–Kier alpha value is -0.650. The predicted molar refractivity (Wildman–Crippen MR) is 59.5 cm³/mol. The van der Waals surface area contributed by atoms with Crippen molar-refractivity contribution >= 4 is 5.97 Å². The predicted octanol–water partition coefficient (Wildman–Crippen LogP) is 0.444. The summed E-state index contributed by atoms with van der Waals surface area (Å²) in [5.74, 6) is -0.488. The van der Waals surface area contributed by atoms with E-state index in [1.165, 1.54) is 0 Å². The van der Waals surface area contributed by atoms with Crippen LogP contribution in [0, 0.1) is 5.92 Å². The van der Waals surface area contributed by atoms with Crippen LogP contribution < -0.4 is 0 Å². The maximum atomic E-state index is 11.1. The van der Waals surface area contributed by atoms with Crippen molar-refractivity contribution in [1.29, 1.82) is 0 Å². The van der Waals surface area contributed by atoms with Gasteiger partial charge >= 0.3 is 5.97 Å². The Kier molecular flexibility index (Phi) is 5.73. The molecule has 0 aliphatic carbocycles. The lowest BCUT2D eigenvalue weighted by Crippen LogP contribution is -2.40. The fourth-order valence-electron chi connectivity index (χ4n) is 2.10. The SMILES string of the molecule is COCCOCCN1CCC(C)C1C(=O)O. The quantitative estimate of drug-likeness (QED) is 0.644. The summed E-state index contributed by atoms with van der Waals surface area (Å²) >= 11 is 0. The van der Waals surface area contributed by atoms with Gasteiger partial charge in [0.25, 0.3) is 0 Å². The number of carboxylic acid groups (broad SMARTS) is 1. The number of ether oxygens (including phenoxy) is 2. The van der Waals surface area contributed by atoms with Crippen LogP contribution in [0.3, 0.4) is 0 Å². The minimum atomic E-state index is -0.720. The van der Waals surface area contributed by atoms with E-state index in [2.05, 4.69) is 0 Å². The molecule has 5 nitrogen and oxygen atoms in total. The van der Waals surface area contributed by atoms with Crippen molar-refractivity contribution in [1.82, 2.24) is 4.90 Å². The topological polar surface area (TPSA) is 59.0 Å². The van der Waals surface area contributed by atoms with Crippen molar-refractivity contribution in [2.24, 2.45) is 5.92 Å². The molecule has 0 spiro atoms. The molecule has 0 aromatic rings. The van der Waals surface area contributed by atoms with Crippen LogP contribution in [-0.2, 0) is 14.3 Å². The van der Waals surface area contributed by atoms with E-state index in [-0.39, 0.29) is 12.0 Å². The summed E-state index contributed by atoms with van der Waals surface area (Å²) in [6, 6.07) is -0.342. The molecule has 0 bridgehead atoms. The first kappa shape index (κ1) is 13.4. The highest BCUT2D eigenvalue weighted by atomic mass is 16.5. The van der Waals surface area contributed by atoms with E-state index < -0.39 is 5.97 Å². The summed E-state index contributed by atoms with van der Waals surface area (Å²) in [7, 11) is 1.63. The third-order valence-corrected chi connectivity index (χ3v) is 3.01. The van der Waals surface area contributed by atoms with Crippen LogP contribution in [0.5, 0.6) is 0 Å². The Morgan fingerprint density at radius 1 is 1.44 bits per heavy atom. The summed E-state index contributed by atoms with van der Waals surface area (Å²) in [4.78, 5) is 13.0. The van der Waals surface area contributed by atoms with Gasteiger partial charge in [0.15, 0.2) is 0 Å². The summed E-state index contributed by atoms with van der Waals surface area (Å²) < 4.78 is 10.2. The van der Waals surface area contributed by atoms with E-state index in [1.54, 1.807) is 7.11 Å². The summed E-state index contributed by atoms with van der Waals surface area (Å²) in [6.45, 7) is 5.25. The lowest BCUT2D eigenvalue weighted by molar-refractivity contribution is -0.143. The number of carbonyl (C=O) groups is 1. The van der Waals surface area contributed by atoms with Gasteiger partial charge in [-0.3, -0.25) is 9.69 Å². The molecule has 1 heterocycles. The van der Waals surface area contributed by atoms with Crippen LogP contribution >= 0.6 is 0 Å². The zero-order valence-electron chi connectivity index (χ0n) is 10.0. The molecular weight excluding hydrogens is 210 g/mol. The molecule has 1 fully saturated rings. The highest BCUT2D eigenvalue weighted by Gasteiger charge is 2.36. The number of hydrogen-bond donors (Lipinski definition) is 1. The number of methoxy groups -OCH3 is 1. The molecule has 1 N–H and O–H groups in total. The summed E-state index contributed by atoms with van der Waals surface area (Å²) in [5.41, 5.74) is 0. The molecule has 0 aromatic heterocycles. The number of rotatable bonds is 7. The monoisotopic (exact) mass is 231 g/mol. The van der Waals surface area contributed by atoms with E-state index >= 15 is 0 Å². The van der Waals surface area contributed by atoms with E-state index in [0.717, 1.165) is 13.0 Å². The number of nitrogens with zero attached hydrogens (tertiary/aromatic N) is 1. The second kappa shape index (κ2) is 6.83. The smallest absolute Gasteiger partial charge is 0.321 e. The highest BCUT2D eigenvalue weighted by molar-refractivity contribution is 5.74. The van der Waals surface area contributed by atoms with Crippen LogP contribution in [0.4, 0.5) is 0 Å². The van der Waals surface area contributed by atoms with Gasteiger partial charge in [-0.25, -0.2) is 0 Å². The molecule has 1 saturated heterocycles. The molecule has 1 aliphatic heterocycles. The van der Waals surface area contributed by atoms with E-state index in [9.17, 15) is 4.79 Å². The Balaban J connectivity index is 2.23. The largest absolute Gasteiger partial charge is 0.480 e. The van der Waals surface area contributed by atoms with Gasteiger partial charge in [-0.15, -0.1) is 0 Å². The van der Waals surface area contributed by atoms with Gasteiger partial charge in [0, 0.05) is 13.7 Å².